The molecule has 5 heteroatoms. The van der Waals surface area contributed by atoms with Crippen molar-refractivity contribution in [2.45, 2.75) is 235 Å². The molecule has 0 aromatic heterocycles. The third-order valence-corrected chi connectivity index (χ3v) is 29.1. The summed E-state index contributed by atoms with van der Waals surface area (Å²) in [6, 6.07) is 115. The Morgan fingerprint density at radius 2 is 0.505 bits per heavy atom. The fourth-order valence-corrected chi connectivity index (χ4v) is 22.2. The van der Waals surface area contributed by atoms with E-state index in [1.165, 1.54) is 141 Å². The van der Waals surface area contributed by atoms with E-state index >= 15 is 0 Å². The van der Waals surface area contributed by atoms with Crippen molar-refractivity contribution in [1.29, 1.82) is 0 Å². The van der Waals surface area contributed by atoms with Crippen molar-refractivity contribution in [3.05, 3.63) is 348 Å². The highest BCUT2D eigenvalue weighted by Gasteiger charge is 2.40. The Hall–Kier alpha value is -8.16. The van der Waals surface area contributed by atoms with Gasteiger partial charge in [-0.15, -0.1) is 0 Å². The molecule has 1 aliphatic carbocycles. The number of aryl methyl sites for hydroxylation is 1. The lowest BCUT2D eigenvalue weighted by atomic mass is 9.84. The highest BCUT2D eigenvalue weighted by atomic mass is 32.2. The van der Waals surface area contributed by atoms with Crippen LogP contribution in [0.5, 0.6) is 0 Å². The van der Waals surface area contributed by atoms with Gasteiger partial charge < -0.3 is 4.90 Å². The van der Waals surface area contributed by atoms with Gasteiger partial charge in [-0.25, -0.2) is 0 Å². The first-order valence-electron chi connectivity index (χ1n) is 37.8. The number of nitrogens with zero attached hydrogens (tertiary/aromatic N) is 1. The van der Waals surface area contributed by atoms with Gasteiger partial charge in [-0.05, 0) is 232 Å². The summed E-state index contributed by atoms with van der Waals surface area (Å²) in [4.78, 5) is 18.9. The van der Waals surface area contributed by atoms with Gasteiger partial charge in [0.1, 0.15) is 10.9 Å². The van der Waals surface area contributed by atoms with Gasteiger partial charge >= 0.3 is 0 Å². The highest BCUT2D eigenvalue weighted by Crippen LogP contribution is 2.48. The van der Waals surface area contributed by atoms with Gasteiger partial charge in [-0.2, -0.15) is 0 Å². The molecule has 0 unspecified atom stereocenters. The topological polar surface area (TPSA) is 3.24 Å². The molecule has 0 atom stereocenters. The fourth-order valence-electron chi connectivity index (χ4n) is 13.7. The van der Waals surface area contributed by atoms with Crippen LogP contribution in [0.25, 0.3) is 0 Å². The standard InChI is InChI=1S/C30H39S.C26H31S.C24H25S.C20H18NS/c1-28(2,3)22-10-16-25(17-11-22)31(26-18-12-23(13-19-26)29(4,5)6)27-20-14-24(15-21-27)30(7,8)9;1-25(2,3)20-12-16-23(17-13-20)27(22-10-8-7-9-11-22)24-18-14-21(15-19-24)26(4,5)6;1-4-10-20(11-5-1)21-16-18-24(19-17-21)25(22-12-6-2-7-13-22)23-14-8-3-9-15-23;1-15-11-13-16(14-12-15)22-19-9-5-3-7-17(19)21(2)18-8-4-6-10-20(18)22/h10-21H,1-9H3;7-19H,1-6H3;2-3,6-9,12-20H,1,4-5,10-11H2;3-14H,1-2H3/q4*+1. The van der Waals surface area contributed by atoms with Gasteiger partial charge in [-0.1, -0.05) is 292 Å². The monoisotopic (exact) mass is 1460 g/mol. The highest BCUT2D eigenvalue weighted by molar-refractivity contribution is 7.98. The molecule has 1 nitrogen and oxygen atoms in total. The molecule has 1 aliphatic heterocycles. The molecule has 2 aliphatic rings. The van der Waals surface area contributed by atoms with Crippen LogP contribution >= 0.6 is 0 Å². The third kappa shape index (κ3) is 19.9. The number of para-hydroxylation sites is 2. The number of benzene rings is 12. The van der Waals surface area contributed by atoms with Crippen LogP contribution in [0.3, 0.4) is 0 Å². The Bertz CT molecular complexity index is 4380. The Morgan fingerprint density at radius 1 is 0.267 bits per heavy atom. The SMILES string of the molecule is CC(C)(C)c1ccc([S+](c2ccc(C(C)(C)C)cc2)c2ccc(C(C)(C)C)cc2)cc1.CC(C)(C)c1ccc([S+](c2ccccc2)c2ccc(C(C)(C)C)cc2)cc1.Cc1ccc([S+]2c3ccccc3N(C)c3ccccc32)cc1.c1ccc([S+](c2ccccc2)c2ccc(C3CCCCC3)cc2)cc1. The van der Waals surface area contributed by atoms with Crippen molar-refractivity contribution in [2.75, 3.05) is 11.9 Å². The molecule has 14 rings (SSSR count). The minimum Gasteiger partial charge on any atom is -0.336 e. The van der Waals surface area contributed by atoms with Crippen LogP contribution in [-0.2, 0) is 70.7 Å². The first-order valence-corrected chi connectivity index (χ1v) is 42.7. The van der Waals surface area contributed by atoms with Crippen LogP contribution in [0.4, 0.5) is 11.4 Å². The second-order valence-corrected chi connectivity index (χ2v) is 41.3. The molecule has 0 bridgehead atoms. The van der Waals surface area contributed by atoms with Crippen LogP contribution in [0.1, 0.15) is 181 Å². The molecule has 538 valence electrons. The van der Waals surface area contributed by atoms with E-state index in [2.05, 4.69) is 432 Å². The summed E-state index contributed by atoms with van der Waals surface area (Å²) >= 11 is 0. The quantitative estimate of drug-likeness (QED) is 0.117. The molecule has 1 saturated carbocycles. The van der Waals surface area contributed by atoms with Crippen molar-refractivity contribution in [3.8, 4) is 0 Å². The lowest BCUT2D eigenvalue weighted by Crippen LogP contribution is -2.22. The molecule has 12 aromatic carbocycles. The Balaban J connectivity index is 0.000000141. The second-order valence-electron chi connectivity index (χ2n) is 33.2. The number of hydrogen-bond donors (Lipinski definition) is 0. The third-order valence-electron chi connectivity index (χ3n) is 20.1. The van der Waals surface area contributed by atoms with E-state index < -0.39 is 0 Å². The first kappa shape index (κ1) is 77.9. The summed E-state index contributed by atoms with van der Waals surface area (Å²) < 4.78 is 0. The Kier molecular flexibility index (Phi) is 25.4. The number of rotatable bonds is 11. The van der Waals surface area contributed by atoms with Gasteiger partial charge in [0.25, 0.3) is 0 Å². The Morgan fingerprint density at radius 3 is 0.771 bits per heavy atom. The zero-order valence-electron chi connectivity index (χ0n) is 65.6. The van der Waals surface area contributed by atoms with Crippen LogP contribution in [-0.4, -0.2) is 7.05 Å². The molecule has 0 amide bonds. The van der Waals surface area contributed by atoms with Crippen molar-refractivity contribution in [1.82, 2.24) is 0 Å². The van der Waals surface area contributed by atoms with E-state index in [0.717, 1.165) is 5.92 Å². The minimum absolute atomic E-state index is 0.0278. The maximum atomic E-state index is 2.39. The Labute approximate surface area is 644 Å². The summed E-state index contributed by atoms with van der Waals surface area (Å²) in [5, 5.41) is 0. The average Bonchev–Trinajstić information content (AvgIpc) is 0.744. The zero-order valence-corrected chi connectivity index (χ0v) is 68.9. The maximum absolute atomic E-state index is 2.39. The number of fused-ring (bicyclic) bond motifs is 2. The number of hydrogen-bond acceptors (Lipinski definition) is 1. The second kappa shape index (κ2) is 34.2. The van der Waals surface area contributed by atoms with E-state index in [4.69, 9.17) is 0 Å². The number of anilines is 2. The first-order chi connectivity index (χ1) is 50.1. The molecular formula is C100H113NS4+4. The fraction of sp³-hybridized carbons (Fsp3) is 0.280. The van der Waals surface area contributed by atoms with E-state index in [1.807, 2.05) is 0 Å². The van der Waals surface area contributed by atoms with Gasteiger partial charge in [0.2, 0.25) is 0 Å². The molecule has 105 heavy (non-hydrogen) atoms. The summed E-state index contributed by atoms with van der Waals surface area (Å²) in [5.41, 5.74) is 13.2. The molecule has 0 N–H and O–H groups in total. The average molecular weight is 1460 g/mol. The van der Waals surface area contributed by atoms with Crippen molar-refractivity contribution >= 4 is 55.0 Å². The summed E-state index contributed by atoms with van der Waals surface area (Å²) in [6.07, 6.45) is 6.93. The normalized spacial score (nSPS) is 13.5. The molecular weight excluding hydrogens is 1340 g/mol. The summed E-state index contributed by atoms with van der Waals surface area (Å²) in [6.45, 7) is 36.2. The van der Waals surface area contributed by atoms with Crippen molar-refractivity contribution < 1.29 is 0 Å². The van der Waals surface area contributed by atoms with E-state index in [9.17, 15) is 0 Å². The van der Waals surface area contributed by atoms with Gasteiger partial charge in [0, 0.05) is 7.05 Å². The molecule has 0 saturated heterocycles. The maximum Gasteiger partial charge on any atom is 0.190 e. The van der Waals surface area contributed by atoms with Gasteiger partial charge in [-0.3, -0.25) is 0 Å². The molecule has 12 aromatic rings. The minimum atomic E-state index is -0.120. The lowest BCUT2D eigenvalue weighted by molar-refractivity contribution is 0.443. The molecule has 0 spiro atoms. The zero-order chi connectivity index (χ0) is 74.7. The van der Waals surface area contributed by atoms with Crippen molar-refractivity contribution in [2.24, 2.45) is 0 Å². The summed E-state index contributed by atoms with van der Waals surface area (Å²) in [7, 11) is 1.90. The lowest BCUT2D eigenvalue weighted by Gasteiger charge is -2.28. The molecule has 1 fully saturated rings. The predicted octanol–water partition coefficient (Wildman–Crippen LogP) is 28.1. The van der Waals surface area contributed by atoms with E-state index in [1.54, 1.807) is 0 Å². The van der Waals surface area contributed by atoms with E-state index in [-0.39, 0.29) is 70.7 Å². The van der Waals surface area contributed by atoms with Crippen LogP contribution in [0.15, 0.2) is 368 Å². The van der Waals surface area contributed by atoms with Gasteiger partial charge in [0.05, 0.1) is 44.1 Å². The van der Waals surface area contributed by atoms with Crippen LogP contribution in [0, 0.1) is 6.92 Å². The van der Waals surface area contributed by atoms with Gasteiger partial charge in [0.15, 0.2) is 58.7 Å². The van der Waals surface area contributed by atoms with Crippen LogP contribution in [0.2, 0.25) is 0 Å². The van der Waals surface area contributed by atoms with E-state index in [0.29, 0.717) is 0 Å². The predicted molar refractivity (Wildman–Crippen MR) is 458 cm³/mol. The van der Waals surface area contributed by atoms with Crippen LogP contribution < -0.4 is 4.90 Å². The molecule has 1 heterocycles. The summed E-state index contributed by atoms with van der Waals surface area (Å²) in [5.74, 6) is 0.776. The van der Waals surface area contributed by atoms with Crippen molar-refractivity contribution in [3.63, 3.8) is 0 Å². The largest absolute Gasteiger partial charge is 0.336 e. The smallest absolute Gasteiger partial charge is 0.190 e. The molecule has 0 radical (unpaired) electrons.